The fourth-order valence-corrected chi connectivity index (χ4v) is 1.32. The molecule has 0 radical (unpaired) electrons. The topological polar surface area (TPSA) is 52.6 Å². The Morgan fingerprint density at radius 3 is 2.57 bits per heavy atom. The van der Waals surface area contributed by atoms with Crippen LogP contribution in [0, 0.1) is 5.92 Å². The van der Waals surface area contributed by atoms with Gasteiger partial charge in [-0.25, -0.2) is 0 Å². The molecule has 0 aromatic rings. The van der Waals surface area contributed by atoms with Crippen molar-refractivity contribution in [3.05, 3.63) is 0 Å². The Balaban J connectivity index is 0.00000169. The highest BCUT2D eigenvalue weighted by Gasteiger charge is 2.11. The van der Waals surface area contributed by atoms with Crippen molar-refractivity contribution >= 4 is 18.4 Å². The molecule has 0 N–H and O–H groups in total. The van der Waals surface area contributed by atoms with E-state index in [-0.39, 0.29) is 18.3 Å². The van der Waals surface area contributed by atoms with Gasteiger partial charge in [-0.3, -0.25) is 4.90 Å². The van der Waals surface area contributed by atoms with Crippen molar-refractivity contribution in [3.8, 4) is 0 Å². The second-order valence-electron chi connectivity index (χ2n) is 3.46. The molecule has 0 aromatic heterocycles. The molecule has 14 heavy (non-hydrogen) atoms. The zero-order valence-electron chi connectivity index (χ0n) is 8.40. The van der Waals surface area contributed by atoms with Crippen molar-refractivity contribution in [1.29, 1.82) is 0 Å². The lowest BCUT2D eigenvalue weighted by Crippen LogP contribution is -2.39. The summed E-state index contributed by atoms with van der Waals surface area (Å²) >= 11 is 0. The summed E-state index contributed by atoms with van der Waals surface area (Å²) in [6, 6.07) is 0. The zero-order chi connectivity index (χ0) is 9.68. The van der Waals surface area contributed by atoms with Crippen molar-refractivity contribution in [1.82, 2.24) is 4.90 Å². The Morgan fingerprint density at radius 2 is 2.07 bits per heavy atom. The number of rotatable bonds is 4. The average Bonchev–Trinajstić information content (AvgIpc) is 2.15. The third-order valence-corrected chi connectivity index (χ3v) is 2.38. The van der Waals surface area contributed by atoms with E-state index in [1.807, 2.05) is 0 Å². The van der Waals surface area contributed by atoms with E-state index in [2.05, 4.69) is 4.90 Å². The van der Waals surface area contributed by atoms with Crippen molar-refractivity contribution in [3.63, 3.8) is 0 Å². The summed E-state index contributed by atoms with van der Waals surface area (Å²) in [6.07, 6.45) is 0.669. The number of carbonyl (C=O) groups excluding carboxylic acids is 1. The van der Waals surface area contributed by atoms with E-state index >= 15 is 0 Å². The van der Waals surface area contributed by atoms with E-state index in [0.29, 0.717) is 6.42 Å². The maximum absolute atomic E-state index is 10.4. The smallest absolute Gasteiger partial charge is 0.0594 e. The van der Waals surface area contributed by atoms with Crippen LogP contribution >= 0.6 is 12.4 Å². The molecule has 1 unspecified atom stereocenters. The number of nitrogens with zero attached hydrogens (tertiary/aromatic N) is 1. The molecule has 0 saturated carbocycles. The molecule has 0 amide bonds. The molecule has 1 aliphatic heterocycles. The molecule has 1 atom stereocenters. The number of carboxylic acids is 1. The van der Waals surface area contributed by atoms with Gasteiger partial charge in [-0.1, -0.05) is 6.92 Å². The van der Waals surface area contributed by atoms with Gasteiger partial charge >= 0.3 is 0 Å². The summed E-state index contributed by atoms with van der Waals surface area (Å²) < 4.78 is 5.18. The second-order valence-corrected chi connectivity index (χ2v) is 3.46. The van der Waals surface area contributed by atoms with Gasteiger partial charge in [0.15, 0.2) is 0 Å². The van der Waals surface area contributed by atoms with Gasteiger partial charge in [-0.05, 0) is 18.9 Å². The van der Waals surface area contributed by atoms with Gasteiger partial charge in [0, 0.05) is 19.1 Å². The first-order valence-electron chi connectivity index (χ1n) is 4.71. The van der Waals surface area contributed by atoms with Gasteiger partial charge < -0.3 is 14.6 Å². The molecule has 1 rings (SSSR count). The van der Waals surface area contributed by atoms with Gasteiger partial charge in [0.05, 0.1) is 13.2 Å². The van der Waals surface area contributed by atoms with Crippen LogP contribution < -0.4 is 5.11 Å². The Labute approximate surface area is 90.6 Å². The Morgan fingerprint density at radius 1 is 1.50 bits per heavy atom. The molecule has 84 valence electrons. The van der Waals surface area contributed by atoms with Crippen LogP contribution in [0.5, 0.6) is 0 Å². The summed E-state index contributed by atoms with van der Waals surface area (Å²) in [5, 5.41) is 10.4. The van der Waals surface area contributed by atoms with Crippen LogP contribution in [0.1, 0.15) is 13.3 Å². The van der Waals surface area contributed by atoms with Gasteiger partial charge in [0.1, 0.15) is 0 Å². The third kappa shape index (κ3) is 4.79. The quantitative estimate of drug-likeness (QED) is 0.645. The largest absolute Gasteiger partial charge is 0.550 e. The predicted molar refractivity (Wildman–Crippen MR) is 53.3 cm³/mol. The van der Waals surface area contributed by atoms with E-state index in [0.717, 1.165) is 32.8 Å². The summed E-state index contributed by atoms with van der Waals surface area (Å²) in [6.45, 7) is 5.88. The maximum atomic E-state index is 10.4. The molecule has 1 fully saturated rings. The molecule has 5 heteroatoms. The van der Waals surface area contributed by atoms with Crippen LogP contribution in [0.4, 0.5) is 0 Å². The molecule has 1 saturated heterocycles. The Hall–Kier alpha value is -0.320. The second kappa shape index (κ2) is 7.04. The van der Waals surface area contributed by atoms with Gasteiger partial charge in [0.25, 0.3) is 0 Å². The fraction of sp³-hybridized carbons (Fsp3) is 0.889. The normalized spacial score (nSPS) is 19.8. The van der Waals surface area contributed by atoms with Gasteiger partial charge in [-0.15, -0.1) is 12.4 Å². The van der Waals surface area contributed by atoms with E-state index in [9.17, 15) is 9.90 Å². The number of halogens is 1. The third-order valence-electron chi connectivity index (χ3n) is 2.38. The highest BCUT2D eigenvalue weighted by Crippen LogP contribution is 2.04. The first-order valence-corrected chi connectivity index (χ1v) is 4.71. The number of carbonyl (C=O) groups is 1. The van der Waals surface area contributed by atoms with Crippen LogP contribution in [-0.2, 0) is 9.53 Å². The average molecular weight is 223 g/mol. The van der Waals surface area contributed by atoms with E-state index in [1.165, 1.54) is 0 Å². The molecule has 1 aliphatic rings. The SMILES string of the molecule is CC(CCN1CCOCC1)C(=O)[O-].Cl. The maximum Gasteiger partial charge on any atom is 0.0594 e. The Kier molecular flexibility index (Phi) is 6.87. The highest BCUT2D eigenvalue weighted by molar-refractivity contribution is 5.85. The van der Waals surface area contributed by atoms with Crippen molar-refractivity contribution in [2.45, 2.75) is 13.3 Å². The lowest BCUT2D eigenvalue weighted by molar-refractivity contribution is -0.311. The van der Waals surface area contributed by atoms with E-state index < -0.39 is 5.97 Å². The van der Waals surface area contributed by atoms with Crippen LogP contribution in [0.2, 0.25) is 0 Å². The molecule has 0 aliphatic carbocycles. The number of carboxylic acid groups (broad SMARTS) is 1. The first kappa shape index (κ1) is 13.7. The summed E-state index contributed by atoms with van der Waals surface area (Å²) in [7, 11) is 0. The minimum Gasteiger partial charge on any atom is -0.550 e. The number of hydrogen-bond donors (Lipinski definition) is 0. The van der Waals surface area contributed by atoms with Crippen LogP contribution in [0.15, 0.2) is 0 Å². The van der Waals surface area contributed by atoms with Gasteiger partial charge in [0.2, 0.25) is 0 Å². The van der Waals surface area contributed by atoms with Crippen LogP contribution in [0.25, 0.3) is 0 Å². The summed E-state index contributed by atoms with van der Waals surface area (Å²) in [4.78, 5) is 12.6. The lowest BCUT2D eigenvalue weighted by Gasteiger charge is -2.27. The fourth-order valence-electron chi connectivity index (χ4n) is 1.32. The van der Waals surface area contributed by atoms with Crippen LogP contribution in [0.3, 0.4) is 0 Å². The molecular formula is C9H17ClNO3-. The number of hydrogen-bond acceptors (Lipinski definition) is 4. The molecular weight excluding hydrogens is 206 g/mol. The molecule has 1 heterocycles. The lowest BCUT2D eigenvalue weighted by atomic mass is 10.1. The Bertz CT molecular complexity index is 171. The summed E-state index contributed by atoms with van der Waals surface area (Å²) in [5.41, 5.74) is 0. The summed E-state index contributed by atoms with van der Waals surface area (Å²) in [5.74, 6) is -1.30. The minimum absolute atomic E-state index is 0. The molecule has 4 nitrogen and oxygen atoms in total. The number of aliphatic carboxylic acids is 1. The first-order chi connectivity index (χ1) is 6.20. The molecule has 0 spiro atoms. The predicted octanol–water partition coefficient (Wildman–Crippen LogP) is -0.483. The molecule has 0 bridgehead atoms. The van der Waals surface area contributed by atoms with Crippen molar-refractivity contribution in [2.75, 3.05) is 32.8 Å². The highest BCUT2D eigenvalue weighted by atomic mass is 35.5. The van der Waals surface area contributed by atoms with E-state index in [4.69, 9.17) is 4.74 Å². The number of ether oxygens (including phenoxy) is 1. The number of morpholine rings is 1. The van der Waals surface area contributed by atoms with Gasteiger partial charge in [-0.2, -0.15) is 0 Å². The van der Waals surface area contributed by atoms with Crippen LogP contribution in [-0.4, -0.2) is 43.7 Å². The standard InChI is InChI=1S/C9H17NO3.ClH/c1-8(9(11)12)2-3-10-4-6-13-7-5-10;/h8H,2-7H2,1H3,(H,11,12);1H/p-1. The van der Waals surface area contributed by atoms with Crippen molar-refractivity contribution < 1.29 is 14.6 Å². The van der Waals surface area contributed by atoms with E-state index in [1.54, 1.807) is 6.92 Å². The monoisotopic (exact) mass is 222 g/mol. The molecule has 0 aromatic carbocycles. The van der Waals surface area contributed by atoms with Crippen molar-refractivity contribution in [2.24, 2.45) is 5.92 Å². The minimum atomic E-state index is -0.951. The zero-order valence-corrected chi connectivity index (χ0v) is 9.22.